The van der Waals surface area contributed by atoms with Crippen LogP contribution in [-0.4, -0.2) is 39.0 Å². The summed E-state index contributed by atoms with van der Waals surface area (Å²) < 4.78 is 10.3. The fourth-order valence-corrected chi connectivity index (χ4v) is 2.74. The maximum atomic E-state index is 12.3. The molecule has 1 aliphatic rings. The number of rotatable bonds is 3. The molecule has 7 nitrogen and oxygen atoms in total. The molecule has 1 amide bonds. The van der Waals surface area contributed by atoms with E-state index >= 15 is 0 Å². The first-order valence-corrected chi connectivity index (χ1v) is 7.37. The molecule has 0 N–H and O–H groups in total. The number of hydrogen-bond donors (Lipinski definition) is 0. The van der Waals surface area contributed by atoms with Gasteiger partial charge in [0.25, 0.3) is 11.8 Å². The van der Waals surface area contributed by atoms with Crippen LogP contribution in [0, 0.1) is 0 Å². The Bertz CT molecular complexity index is 798. The molecular weight excluding hydrogens is 296 g/mol. The molecule has 1 fully saturated rings. The smallest absolute Gasteiger partial charge is 0.258 e. The molecular formula is C16H14N4O3. The molecule has 3 aromatic rings. The summed E-state index contributed by atoms with van der Waals surface area (Å²) in [5, 5.41) is 4.07. The van der Waals surface area contributed by atoms with Crippen LogP contribution >= 0.6 is 0 Å². The lowest BCUT2D eigenvalue weighted by Gasteiger charge is -2.14. The lowest BCUT2D eigenvalue weighted by Crippen LogP contribution is -2.28. The quantitative estimate of drug-likeness (QED) is 0.738. The van der Waals surface area contributed by atoms with Gasteiger partial charge in [0.1, 0.15) is 6.26 Å². The van der Waals surface area contributed by atoms with Crippen molar-refractivity contribution in [2.75, 3.05) is 13.1 Å². The summed E-state index contributed by atoms with van der Waals surface area (Å²) in [6.07, 6.45) is 7.14. The molecule has 0 bridgehead atoms. The van der Waals surface area contributed by atoms with Crippen molar-refractivity contribution < 1.29 is 13.7 Å². The predicted molar refractivity (Wildman–Crippen MR) is 79.5 cm³/mol. The Morgan fingerprint density at radius 2 is 2.13 bits per heavy atom. The Hall–Kier alpha value is -2.96. The van der Waals surface area contributed by atoms with E-state index in [1.807, 2.05) is 12.1 Å². The maximum absolute atomic E-state index is 12.3. The summed E-state index contributed by atoms with van der Waals surface area (Å²) in [5.41, 5.74) is 1.40. The highest BCUT2D eigenvalue weighted by Crippen LogP contribution is 2.28. The van der Waals surface area contributed by atoms with Gasteiger partial charge < -0.3 is 13.8 Å². The molecule has 1 unspecified atom stereocenters. The van der Waals surface area contributed by atoms with Crippen LogP contribution in [-0.2, 0) is 0 Å². The molecule has 23 heavy (non-hydrogen) atoms. The lowest BCUT2D eigenvalue weighted by atomic mass is 10.1. The van der Waals surface area contributed by atoms with Crippen LogP contribution < -0.4 is 0 Å². The van der Waals surface area contributed by atoms with Gasteiger partial charge in [0.05, 0.1) is 11.8 Å². The highest BCUT2D eigenvalue weighted by molar-refractivity contribution is 5.94. The van der Waals surface area contributed by atoms with Gasteiger partial charge in [-0.3, -0.25) is 9.78 Å². The van der Waals surface area contributed by atoms with E-state index in [1.165, 1.54) is 12.5 Å². The second-order valence-electron chi connectivity index (χ2n) is 5.44. The number of furan rings is 1. The van der Waals surface area contributed by atoms with Crippen LogP contribution in [0.15, 0.2) is 52.1 Å². The summed E-state index contributed by atoms with van der Waals surface area (Å²) >= 11 is 0. The average Bonchev–Trinajstić information content (AvgIpc) is 3.35. The summed E-state index contributed by atoms with van der Waals surface area (Å²) in [7, 11) is 0. The van der Waals surface area contributed by atoms with Crippen LogP contribution in [0.4, 0.5) is 0 Å². The van der Waals surface area contributed by atoms with Gasteiger partial charge in [-0.1, -0.05) is 5.16 Å². The van der Waals surface area contributed by atoms with Crippen molar-refractivity contribution in [3.8, 4) is 11.5 Å². The highest BCUT2D eigenvalue weighted by Gasteiger charge is 2.31. The van der Waals surface area contributed by atoms with Crippen molar-refractivity contribution in [3.63, 3.8) is 0 Å². The second-order valence-corrected chi connectivity index (χ2v) is 5.44. The summed E-state index contributed by atoms with van der Waals surface area (Å²) in [6, 6.07) is 5.31. The molecule has 4 rings (SSSR count). The first kappa shape index (κ1) is 13.7. The van der Waals surface area contributed by atoms with Gasteiger partial charge in [0.2, 0.25) is 0 Å². The van der Waals surface area contributed by atoms with Crippen LogP contribution in [0.3, 0.4) is 0 Å². The van der Waals surface area contributed by atoms with E-state index < -0.39 is 0 Å². The van der Waals surface area contributed by atoms with Gasteiger partial charge in [-0.25, -0.2) is 0 Å². The average molecular weight is 310 g/mol. The molecule has 0 aromatic carbocycles. The largest absolute Gasteiger partial charge is 0.472 e. The maximum Gasteiger partial charge on any atom is 0.258 e. The summed E-state index contributed by atoms with van der Waals surface area (Å²) in [6.45, 7) is 1.26. The van der Waals surface area contributed by atoms with Gasteiger partial charge in [0.15, 0.2) is 5.82 Å². The van der Waals surface area contributed by atoms with Gasteiger partial charge in [-0.05, 0) is 24.6 Å². The van der Waals surface area contributed by atoms with Crippen molar-refractivity contribution in [2.45, 2.75) is 12.3 Å². The minimum absolute atomic E-state index is 0.0286. The molecule has 1 aliphatic heterocycles. The zero-order chi connectivity index (χ0) is 15.6. The van der Waals surface area contributed by atoms with Crippen molar-refractivity contribution in [2.24, 2.45) is 0 Å². The minimum Gasteiger partial charge on any atom is -0.472 e. The van der Waals surface area contributed by atoms with Gasteiger partial charge in [-0.15, -0.1) is 0 Å². The van der Waals surface area contributed by atoms with Gasteiger partial charge in [0, 0.05) is 37.0 Å². The minimum atomic E-state index is -0.0286. The molecule has 4 heterocycles. The predicted octanol–water partition coefficient (Wildman–Crippen LogP) is 2.35. The SMILES string of the molecule is O=C(c1ccoc1)N1CCC(c2noc(-c3ccncc3)n2)C1. The molecule has 1 saturated heterocycles. The summed E-state index contributed by atoms with van der Waals surface area (Å²) in [5.74, 6) is 1.17. The molecule has 116 valence electrons. The second kappa shape index (κ2) is 5.68. The van der Waals surface area contributed by atoms with E-state index in [1.54, 1.807) is 23.4 Å². The molecule has 7 heteroatoms. The molecule has 0 spiro atoms. The fourth-order valence-electron chi connectivity index (χ4n) is 2.74. The van der Waals surface area contributed by atoms with Crippen molar-refractivity contribution in [1.29, 1.82) is 0 Å². The number of carbonyl (C=O) groups excluding carboxylic acids is 1. The number of nitrogens with zero attached hydrogens (tertiary/aromatic N) is 4. The summed E-state index contributed by atoms with van der Waals surface area (Å²) in [4.78, 5) is 22.5. The number of aromatic nitrogens is 3. The third-order valence-electron chi connectivity index (χ3n) is 3.98. The molecule has 0 aliphatic carbocycles. The standard InChI is InChI=1S/C16H14N4O3/c21-16(13-4-8-22-10-13)20-7-3-12(9-20)14-18-15(23-19-14)11-1-5-17-6-2-11/h1-2,4-6,8,10,12H,3,7,9H2. The highest BCUT2D eigenvalue weighted by atomic mass is 16.5. The first-order valence-electron chi connectivity index (χ1n) is 7.37. The third kappa shape index (κ3) is 2.61. The normalized spacial score (nSPS) is 17.6. The van der Waals surface area contributed by atoms with Crippen molar-refractivity contribution in [3.05, 3.63) is 54.5 Å². The number of hydrogen-bond acceptors (Lipinski definition) is 6. The van der Waals surface area contributed by atoms with E-state index in [2.05, 4.69) is 15.1 Å². The Morgan fingerprint density at radius 3 is 2.91 bits per heavy atom. The van der Waals surface area contributed by atoms with Gasteiger partial charge >= 0.3 is 0 Å². The Balaban J connectivity index is 1.48. The Morgan fingerprint density at radius 1 is 1.26 bits per heavy atom. The topological polar surface area (TPSA) is 85.3 Å². The van der Waals surface area contributed by atoms with Crippen LogP contribution in [0.2, 0.25) is 0 Å². The molecule has 0 saturated carbocycles. The zero-order valence-corrected chi connectivity index (χ0v) is 12.3. The van der Waals surface area contributed by atoms with E-state index in [-0.39, 0.29) is 11.8 Å². The lowest BCUT2D eigenvalue weighted by molar-refractivity contribution is 0.0789. The van der Waals surface area contributed by atoms with Crippen LogP contribution in [0.1, 0.15) is 28.5 Å². The monoisotopic (exact) mass is 310 g/mol. The Labute approximate surface area is 131 Å². The molecule has 3 aromatic heterocycles. The van der Waals surface area contributed by atoms with Crippen LogP contribution in [0.5, 0.6) is 0 Å². The number of amides is 1. The van der Waals surface area contributed by atoms with E-state index in [4.69, 9.17) is 8.94 Å². The number of likely N-dealkylation sites (tertiary alicyclic amines) is 1. The number of pyridine rings is 1. The zero-order valence-electron chi connectivity index (χ0n) is 12.3. The Kier molecular flexibility index (Phi) is 3.38. The van der Waals surface area contributed by atoms with E-state index in [0.29, 0.717) is 30.4 Å². The van der Waals surface area contributed by atoms with Crippen LogP contribution in [0.25, 0.3) is 11.5 Å². The number of carbonyl (C=O) groups is 1. The van der Waals surface area contributed by atoms with Crippen molar-refractivity contribution >= 4 is 5.91 Å². The first-order chi connectivity index (χ1) is 11.3. The van der Waals surface area contributed by atoms with Crippen molar-refractivity contribution in [1.82, 2.24) is 20.0 Å². The molecule has 1 atom stereocenters. The fraction of sp³-hybridized carbons (Fsp3) is 0.250. The van der Waals surface area contributed by atoms with E-state index in [9.17, 15) is 4.79 Å². The van der Waals surface area contributed by atoms with Gasteiger partial charge in [-0.2, -0.15) is 4.98 Å². The molecule has 0 radical (unpaired) electrons. The van der Waals surface area contributed by atoms with E-state index in [0.717, 1.165) is 12.0 Å². The third-order valence-corrected chi connectivity index (χ3v) is 3.98.